The molecule has 0 spiro atoms. The molecule has 0 radical (unpaired) electrons. The van der Waals surface area contributed by atoms with Gasteiger partial charge in [0, 0.05) is 19.7 Å². The Balaban J connectivity index is 1.66. The molecule has 0 aromatic heterocycles. The van der Waals surface area contributed by atoms with Crippen LogP contribution in [0.4, 0.5) is 0 Å². The van der Waals surface area contributed by atoms with Gasteiger partial charge in [-0.25, -0.2) is 0 Å². The van der Waals surface area contributed by atoms with E-state index in [0.29, 0.717) is 24.9 Å². The van der Waals surface area contributed by atoms with Crippen LogP contribution in [-0.4, -0.2) is 48.7 Å². The molecule has 1 fully saturated rings. The lowest BCUT2D eigenvalue weighted by molar-refractivity contribution is -0.122. The zero-order valence-electron chi connectivity index (χ0n) is 13.7. The Morgan fingerprint density at radius 3 is 2.68 bits per heavy atom. The Bertz CT molecular complexity index is 470. The number of carbonyl (C=O) groups excluding carboxylic acids is 1. The summed E-state index contributed by atoms with van der Waals surface area (Å²) in [4.78, 5) is 14.0. The van der Waals surface area contributed by atoms with Gasteiger partial charge in [-0.05, 0) is 42.3 Å². The first kappa shape index (κ1) is 17.0. The SMILES string of the molecule is CC(C)c1ccc(CCNC(=O)CN2CCC(CO)C2)cc1. The van der Waals surface area contributed by atoms with Crippen molar-refractivity contribution in [2.45, 2.75) is 32.6 Å². The number of aliphatic hydroxyl groups is 1. The molecule has 1 aromatic rings. The van der Waals surface area contributed by atoms with E-state index in [0.717, 1.165) is 25.9 Å². The average Bonchev–Trinajstić information content (AvgIpc) is 2.95. The molecule has 1 atom stereocenters. The fourth-order valence-corrected chi connectivity index (χ4v) is 2.88. The van der Waals surface area contributed by atoms with E-state index < -0.39 is 0 Å². The Morgan fingerprint density at radius 1 is 1.36 bits per heavy atom. The monoisotopic (exact) mass is 304 g/mol. The molecule has 22 heavy (non-hydrogen) atoms. The van der Waals surface area contributed by atoms with Crippen LogP contribution in [0.5, 0.6) is 0 Å². The minimum absolute atomic E-state index is 0.0809. The highest BCUT2D eigenvalue weighted by atomic mass is 16.3. The highest BCUT2D eigenvalue weighted by Crippen LogP contribution is 2.15. The quantitative estimate of drug-likeness (QED) is 0.807. The van der Waals surface area contributed by atoms with Gasteiger partial charge in [-0.3, -0.25) is 9.69 Å². The number of hydrogen-bond donors (Lipinski definition) is 2. The van der Waals surface area contributed by atoms with Gasteiger partial charge in [-0.1, -0.05) is 38.1 Å². The van der Waals surface area contributed by atoms with Gasteiger partial charge in [0.25, 0.3) is 0 Å². The Morgan fingerprint density at radius 2 is 2.09 bits per heavy atom. The smallest absolute Gasteiger partial charge is 0.234 e. The van der Waals surface area contributed by atoms with Gasteiger partial charge in [0.2, 0.25) is 5.91 Å². The van der Waals surface area contributed by atoms with E-state index in [4.69, 9.17) is 5.11 Å². The predicted molar refractivity (Wildman–Crippen MR) is 88.9 cm³/mol. The maximum Gasteiger partial charge on any atom is 0.234 e. The van der Waals surface area contributed by atoms with E-state index in [2.05, 4.69) is 48.3 Å². The van der Waals surface area contributed by atoms with Gasteiger partial charge < -0.3 is 10.4 Å². The van der Waals surface area contributed by atoms with Crippen molar-refractivity contribution in [2.75, 3.05) is 32.8 Å². The zero-order valence-corrected chi connectivity index (χ0v) is 13.7. The van der Waals surface area contributed by atoms with Crippen LogP contribution in [0.25, 0.3) is 0 Å². The standard InChI is InChI=1S/C18H28N2O2/c1-14(2)17-5-3-15(4-6-17)7-9-19-18(22)12-20-10-8-16(11-20)13-21/h3-6,14,16,21H,7-13H2,1-2H3,(H,19,22). The molecule has 1 saturated heterocycles. The van der Waals surface area contributed by atoms with Crippen molar-refractivity contribution in [3.05, 3.63) is 35.4 Å². The molecule has 0 saturated carbocycles. The summed E-state index contributed by atoms with van der Waals surface area (Å²) in [7, 11) is 0. The highest BCUT2D eigenvalue weighted by Gasteiger charge is 2.22. The van der Waals surface area contributed by atoms with Crippen LogP contribution in [0.3, 0.4) is 0 Å². The summed E-state index contributed by atoms with van der Waals surface area (Å²) in [5, 5.41) is 12.1. The molecule has 1 aliphatic heterocycles. The second-order valence-corrected chi connectivity index (χ2v) is 6.57. The zero-order chi connectivity index (χ0) is 15.9. The Labute approximate surface area is 133 Å². The lowest BCUT2D eigenvalue weighted by Gasteiger charge is -2.15. The van der Waals surface area contributed by atoms with Crippen molar-refractivity contribution in [1.82, 2.24) is 10.2 Å². The predicted octanol–water partition coefficient (Wildman–Crippen LogP) is 1.78. The van der Waals surface area contributed by atoms with E-state index in [1.54, 1.807) is 0 Å². The van der Waals surface area contributed by atoms with Crippen LogP contribution in [0, 0.1) is 5.92 Å². The molecule has 0 aliphatic carbocycles. The third kappa shape index (κ3) is 5.11. The molecule has 1 aliphatic rings. The molecular weight excluding hydrogens is 276 g/mol. The molecule has 4 heteroatoms. The third-order valence-corrected chi connectivity index (χ3v) is 4.38. The summed E-state index contributed by atoms with van der Waals surface area (Å²) in [6, 6.07) is 8.63. The summed E-state index contributed by atoms with van der Waals surface area (Å²) in [6.07, 6.45) is 1.86. The van der Waals surface area contributed by atoms with Crippen LogP contribution in [-0.2, 0) is 11.2 Å². The highest BCUT2D eigenvalue weighted by molar-refractivity contribution is 5.78. The van der Waals surface area contributed by atoms with Gasteiger partial charge in [-0.15, -0.1) is 0 Å². The topological polar surface area (TPSA) is 52.6 Å². The molecule has 0 bridgehead atoms. The number of aliphatic hydroxyl groups excluding tert-OH is 1. The van der Waals surface area contributed by atoms with Crippen LogP contribution in [0.2, 0.25) is 0 Å². The number of hydrogen-bond acceptors (Lipinski definition) is 3. The third-order valence-electron chi connectivity index (χ3n) is 4.38. The first-order valence-electron chi connectivity index (χ1n) is 8.27. The van der Waals surface area contributed by atoms with E-state index >= 15 is 0 Å². The summed E-state index contributed by atoms with van der Waals surface area (Å²) < 4.78 is 0. The number of nitrogens with zero attached hydrogens (tertiary/aromatic N) is 1. The Hall–Kier alpha value is -1.39. The lowest BCUT2D eigenvalue weighted by atomic mass is 10.0. The van der Waals surface area contributed by atoms with E-state index in [9.17, 15) is 4.79 Å². The first-order valence-corrected chi connectivity index (χ1v) is 8.27. The number of nitrogens with one attached hydrogen (secondary N) is 1. The van der Waals surface area contributed by atoms with E-state index in [1.807, 2.05) is 0 Å². The fraction of sp³-hybridized carbons (Fsp3) is 0.611. The summed E-state index contributed by atoms with van der Waals surface area (Å²) in [5.74, 6) is 0.974. The van der Waals surface area contributed by atoms with E-state index in [1.165, 1.54) is 11.1 Å². The van der Waals surface area contributed by atoms with Crippen LogP contribution in [0.1, 0.15) is 37.3 Å². The first-order chi connectivity index (χ1) is 10.6. The molecule has 1 unspecified atom stereocenters. The normalized spacial score (nSPS) is 18.8. The van der Waals surface area contributed by atoms with Crippen molar-refractivity contribution in [2.24, 2.45) is 5.92 Å². The maximum absolute atomic E-state index is 11.9. The number of amides is 1. The molecule has 2 rings (SSSR count). The van der Waals surface area contributed by atoms with E-state index in [-0.39, 0.29) is 12.5 Å². The minimum Gasteiger partial charge on any atom is -0.396 e. The maximum atomic E-state index is 11.9. The summed E-state index contributed by atoms with van der Waals surface area (Å²) in [5.41, 5.74) is 2.60. The second kappa shape index (κ2) is 8.30. The van der Waals surface area contributed by atoms with Crippen LogP contribution < -0.4 is 5.32 Å². The van der Waals surface area contributed by atoms with Crippen LogP contribution in [0.15, 0.2) is 24.3 Å². The fourth-order valence-electron chi connectivity index (χ4n) is 2.88. The van der Waals surface area contributed by atoms with Crippen molar-refractivity contribution in [3.63, 3.8) is 0 Å². The molecule has 1 amide bonds. The van der Waals surface area contributed by atoms with Gasteiger partial charge in [0.05, 0.1) is 6.54 Å². The number of benzene rings is 1. The summed E-state index contributed by atoms with van der Waals surface area (Å²) in [6.45, 7) is 7.48. The van der Waals surface area contributed by atoms with Crippen molar-refractivity contribution in [3.8, 4) is 0 Å². The van der Waals surface area contributed by atoms with Crippen molar-refractivity contribution >= 4 is 5.91 Å². The van der Waals surface area contributed by atoms with Crippen LogP contribution >= 0.6 is 0 Å². The number of carbonyl (C=O) groups is 1. The average molecular weight is 304 g/mol. The summed E-state index contributed by atoms with van der Waals surface area (Å²) >= 11 is 0. The molecule has 1 heterocycles. The molecule has 4 nitrogen and oxygen atoms in total. The van der Waals surface area contributed by atoms with Gasteiger partial charge >= 0.3 is 0 Å². The lowest BCUT2D eigenvalue weighted by Crippen LogP contribution is -2.37. The molecule has 2 N–H and O–H groups in total. The molecule has 1 aromatic carbocycles. The van der Waals surface area contributed by atoms with Crippen molar-refractivity contribution < 1.29 is 9.90 Å². The van der Waals surface area contributed by atoms with Gasteiger partial charge in [0.1, 0.15) is 0 Å². The van der Waals surface area contributed by atoms with Gasteiger partial charge in [0.15, 0.2) is 0 Å². The van der Waals surface area contributed by atoms with Crippen molar-refractivity contribution in [1.29, 1.82) is 0 Å². The second-order valence-electron chi connectivity index (χ2n) is 6.57. The largest absolute Gasteiger partial charge is 0.396 e. The Kier molecular flexibility index (Phi) is 6.40. The molecular formula is C18H28N2O2. The molecule has 122 valence electrons. The van der Waals surface area contributed by atoms with Gasteiger partial charge in [-0.2, -0.15) is 0 Å². The number of likely N-dealkylation sites (tertiary alicyclic amines) is 1. The minimum atomic E-state index is 0.0809. The number of rotatable bonds is 7.